The van der Waals surface area contributed by atoms with Crippen LogP contribution in [0.5, 0.6) is 0 Å². The highest BCUT2D eigenvalue weighted by molar-refractivity contribution is 9.10. The molecule has 0 saturated heterocycles. The number of thiazole rings is 1. The largest absolute Gasteiger partial charge is 0.456 e. The standard InChI is InChI=1S/C20H17BrN2O3S/c1-13-4-3-5-18(10-13)23(14(2)24)20-22-17(12-27-20)11-26-19(25)15-6-8-16(21)9-7-15/h3-10,12H,11H2,1-2H3. The van der Waals surface area contributed by atoms with Gasteiger partial charge in [-0.2, -0.15) is 0 Å². The summed E-state index contributed by atoms with van der Waals surface area (Å²) in [6.45, 7) is 3.51. The van der Waals surface area contributed by atoms with Crippen molar-refractivity contribution in [3.05, 3.63) is 75.2 Å². The molecule has 1 heterocycles. The van der Waals surface area contributed by atoms with E-state index in [2.05, 4.69) is 20.9 Å². The van der Waals surface area contributed by atoms with E-state index in [0.29, 0.717) is 16.4 Å². The Bertz CT molecular complexity index is 969. The van der Waals surface area contributed by atoms with E-state index < -0.39 is 5.97 Å². The average molecular weight is 445 g/mol. The number of anilines is 2. The molecule has 2 aromatic carbocycles. The first kappa shape index (κ1) is 19.3. The third-order valence-corrected chi connectivity index (χ3v) is 5.14. The maximum Gasteiger partial charge on any atom is 0.338 e. The Hall–Kier alpha value is -2.51. The lowest BCUT2D eigenvalue weighted by Crippen LogP contribution is -2.22. The molecule has 0 aliphatic rings. The van der Waals surface area contributed by atoms with Gasteiger partial charge in [0.15, 0.2) is 5.13 Å². The van der Waals surface area contributed by atoms with Crippen molar-refractivity contribution in [1.82, 2.24) is 4.98 Å². The number of amides is 1. The Morgan fingerprint density at radius 2 is 1.93 bits per heavy atom. The number of halogens is 1. The number of aromatic nitrogens is 1. The molecule has 0 aliphatic heterocycles. The van der Waals surface area contributed by atoms with Crippen LogP contribution >= 0.6 is 27.3 Å². The minimum atomic E-state index is -0.417. The highest BCUT2D eigenvalue weighted by atomic mass is 79.9. The van der Waals surface area contributed by atoms with Crippen LogP contribution in [0.15, 0.2) is 58.4 Å². The van der Waals surface area contributed by atoms with E-state index in [1.165, 1.54) is 18.3 Å². The molecular formula is C20H17BrN2O3S. The van der Waals surface area contributed by atoms with E-state index in [9.17, 15) is 9.59 Å². The zero-order valence-corrected chi connectivity index (χ0v) is 17.2. The first-order valence-corrected chi connectivity index (χ1v) is 9.86. The summed E-state index contributed by atoms with van der Waals surface area (Å²) in [4.78, 5) is 30.3. The second-order valence-corrected chi connectivity index (χ2v) is 7.65. The highest BCUT2D eigenvalue weighted by Gasteiger charge is 2.18. The zero-order valence-electron chi connectivity index (χ0n) is 14.8. The third kappa shape index (κ3) is 4.81. The number of hydrogen-bond donors (Lipinski definition) is 0. The van der Waals surface area contributed by atoms with Gasteiger partial charge in [-0.15, -0.1) is 11.3 Å². The smallest absolute Gasteiger partial charge is 0.338 e. The van der Waals surface area contributed by atoms with Gasteiger partial charge in [-0.05, 0) is 48.9 Å². The zero-order chi connectivity index (χ0) is 19.4. The Morgan fingerprint density at radius 3 is 2.59 bits per heavy atom. The summed E-state index contributed by atoms with van der Waals surface area (Å²) < 4.78 is 6.21. The van der Waals surface area contributed by atoms with Gasteiger partial charge in [-0.3, -0.25) is 9.69 Å². The molecule has 0 saturated carbocycles. The quantitative estimate of drug-likeness (QED) is 0.503. The van der Waals surface area contributed by atoms with Crippen LogP contribution in [0.3, 0.4) is 0 Å². The molecule has 7 heteroatoms. The molecule has 0 unspecified atom stereocenters. The lowest BCUT2D eigenvalue weighted by molar-refractivity contribution is -0.115. The summed E-state index contributed by atoms with van der Waals surface area (Å²) >= 11 is 4.66. The van der Waals surface area contributed by atoms with Crippen LogP contribution < -0.4 is 4.90 Å². The van der Waals surface area contributed by atoms with Gasteiger partial charge in [-0.25, -0.2) is 9.78 Å². The molecule has 0 radical (unpaired) electrons. The summed E-state index contributed by atoms with van der Waals surface area (Å²) in [5, 5.41) is 2.33. The van der Waals surface area contributed by atoms with Gasteiger partial charge in [0, 0.05) is 16.8 Å². The highest BCUT2D eigenvalue weighted by Crippen LogP contribution is 2.29. The predicted octanol–water partition coefficient (Wildman–Crippen LogP) is 5.26. The molecular weight excluding hydrogens is 428 g/mol. The molecule has 0 spiro atoms. The van der Waals surface area contributed by atoms with Crippen molar-refractivity contribution in [1.29, 1.82) is 0 Å². The van der Waals surface area contributed by atoms with Crippen LogP contribution in [0, 0.1) is 6.92 Å². The minimum Gasteiger partial charge on any atom is -0.456 e. The normalized spacial score (nSPS) is 10.5. The first-order chi connectivity index (χ1) is 12.9. The molecule has 3 rings (SSSR count). The first-order valence-electron chi connectivity index (χ1n) is 8.18. The Morgan fingerprint density at radius 1 is 1.19 bits per heavy atom. The maximum atomic E-state index is 12.1. The summed E-state index contributed by atoms with van der Waals surface area (Å²) in [7, 11) is 0. The van der Waals surface area contributed by atoms with Crippen LogP contribution in [0.2, 0.25) is 0 Å². The molecule has 138 valence electrons. The number of carbonyl (C=O) groups excluding carboxylic acids is 2. The van der Waals surface area contributed by atoms with Crippen molar-refractivity contribution in [2.24, 2.45) is 0 Å². The van der Waals surface area contributed by atoms with Crippen molar-refractivity contribution in [3.63, 3.8) is 0 Å². The summed E-state index contributed by atoms with van der Waals surface area (Å²) in [5.41, 5.74) is 2.88. The van der Waals surface area contributed by atoms with Crippen LogP contribution in [-0.2, 0) is 16.1 Å². The number of rotatable bonds is 5. The van der Waals surface area contributed by atoms with Gasteiger partial charge in [0.25, 0.3) is 0 Å². The number of nitrogens with zero attached hydrogens (tertiary/aromatic N) is 2. The number of aryl methyl sites for hydroxylation is 1. The minimum absolute atomic E-state index is 0.0466. The Labute approximate surface area is 169 Å². The van der Waals surface area contributed by atoms with E-state index in [-0.39, 0.29) is 12.5 Å². The molecule has 1 aromatic heterocycles. The number of carbonyl (C=O) groups is 2. The summed E-state index contributed by atoms with van der Waals surface area (Å²) in [5.74, 6) is -0.549. The van der Waals surface area contributed by atoms with Gasteiger partial charge >= 0.3 is 5.97 Å². The lowest BCUT2D eigenvalue weighted by Gasteiger charge is -2.18. The topological polar surface area (TPSA) is 59.5 Å². The molecule has 27 heavy (non-hydrogen) atoms. The van der Waals surface area contributed by atoms with Crippen molar-refractivity contribution < 1.29 is 14.3 Å². The van der Waals surface area contributed by atoms with Crippen LogP contribution in [0.25, 0.3) is 0 Å². The lowest BCUT2D eigenvalue weighted by atomic mass is 10.2. The predicted molar refractivity (Wildman–Crippen MR) is 109 cm³/mol. The number of esters is 1. The number of hydrogen-bond acceptors (Lipinski definition) is 5. The molecule has 5 nitrogen and oxygen atoms in total. The fraction of sp³-hybridized carbons (Fsp3) is 0.150. The fourth-order valence-electron chi connectivity index (χ4n) is 2.47. The fourth-order valence-corrected chi connectivity index (χ4v) is 3.60. The van der Waals surface area contributed by atoms with Gasteiger partial charge in [0.2, 0.25) is 5.91 Å². The van der Waals surface area contributed by atoms with E-state index in [1.807, 2.05) is 31.2 Å². The van der Waals surface area contributed by atoms with Crippen LogP contribution in [0.4, 0.5) is 10.8 Å². The number of benzene rings is 2. The molecule has 3 aromatic rings. The van der Waals surface area contributed by atoms with Crippen LogP contribution in [-0.4, -0.2) is 16.9 Å². The monoisotopic (exact) mass is 444 g/mol. The SMILES string of the molecule is CC(=O)N(c1cccc(C)c1)c1nc(COC(=O)c2ccc(Br)cc2)cs1. The maximum absolute atomic E-state index is 12.1. The second-order valence-electron chi connectivity index (χ2n) is 5.90. The van der Waals surface area contributed by atoms with E-state index >= 15 is 0 Å². The van der Waals surface area contributed by atoms with Gasteiger partial charge in [0.1, 0.15) is 6.61 Å². The van der Waals surface area contributed by atoms with Crippen molar-refractivity contribution in [2.45, 2.75) is 20.5 Å². The Kier molecular flexibility index (Phi) is 6.03. The van der Waals surface area contributed by atoms with E-state index in [4.69, 9.17) is 4.74 Å². The molecule has 0 bridgehead atoms. The van der Waals surface area contributed by atoms with Gasteiger partial charge < -0.3 is 4.74 Å². The number of ether oxygens (including phenoxy) is 1. The van der Waals surface area contributed by atoms with Gasteiger partial charge in [-0.1, -0.05) is 28.1 Å². The molecule has 1 amide bonds. The van der Waals surface area contributed by atoms with Crippen molar-refractivity contribution >= 4 is 50.0 Å². The van der Waals surface area contributed by atoms with Gasteiger partial charge in [0.05, 0.1) is 16.9 Å². The van der Waals surface area contributed by atoms with Crippen molar-refractivity contribution in [2.75, 3.05) is 4.90 Å². The second kappa shape index (κ2) is 8.45. The Balaban J connectivity index is 1.72. The summed E-state index contributed by atoms with van der Waals surface area (Å²) in [6.07, 6.45) is 0. The van der Waals surface area contributed by atoms with E-state index in [0.717, 1.165) is 15.7 Å². The summed E-state index contributed by atoms with van der Waals surface area (Å²) in [6, 6.07) is 14.6. The molecule has 0 aliphatic carbocycles. The van der Waals surface area contributed by atoms with E-state index in [1.54, 1.807) is 34.5 Å². The third-order valence-electron chi connectivity index (χ3n) is 3.74. The molecule has 0 atom stereocenters. The van der Waals surface area contributed by atoms with Crippen molar-refractivity contribution in [3.8, 4) is 0 Å². The van der Waals surface area contributed by atoms with Crippen LogP contribution in [0.1, 0.15) is 28.5 Å². The average Bonchev–Trinajstić information content (AvgIpc) is 3.08. The molecule has 0 fully saturated rings. The molecule has 0 N–H and O–H groups in total.